The average molecular weight is 225 g/mol. The third-order valence-electron chi connectivity index (χ3n) is 1.09. The molecule has 0 aromatic rings. The molecule has 0 bridgehead atoms. The molecule has 0 aliphatic carbocycles. The molecule has 1 amide bonds. The summed E-state index contributed by atoms with van der Waals surface area (Å²) in [5, 5.41) is 1.52. The van der Waals surface area contributed by atoms with E-state index in [0.29, 0.717) is 6.42 Å². The minimum Gasteiger partial charge on any atom is -0.273 e. The van der Waals surface area contributed by atoms with Gasteiger partial charge in [-0.05, 0) is 22.0 Å². The number of halogens is 2. The molecule has 0 saturated heterocycles. The summed E-state index contributed by atoms with van der Waals surface area (Å²) in [6.07, 6.45) is 2.18. The second-order valence-electron chi connectivity index (χ2n) is 1.81. The van der Waals surface area contributed by atoms with Crippen LogP contribution in [0.15, 0.2) is 10.7 Å². The topological polar surface area (TPSA) is 32.3 Å². The number of nitrogens with one attached hydrogen (secondary N) is 1. The van der Waals surface area contributed by atoms with Gasteiger partial charge in [0.25, 0.3) is 0 Å². The average Bonchev–Trinajstić information content (AvgIpc) is 1.94. The van der Waals surface area contributed by atoms with Crippen molar-refractivity contribution in [2.24, 2.45) is 0 Å². The molecule has 56 valence electrons. The molecule has 0 atom stereocenters. The SMILES string of the molecule is O=C1CC=C(Br)N(CCl)N1. The molecule has 1 aliphatic rings. The van der Waals surface area contributed by atoms with Crippen LogP contribution in [-0.2, 0) is 4.79 Å². The van der Waals surface area contributed by atoms with Crippen molar-refractivity contribution in [3.8, 4) is 0 Å². The van der Waals surface area contributed by atoms with E-state index in [1.165, 1.54) is 5.01 Å². The van der Waals surface area contributed by atoms with Crippen molar-refractivity contribution in [2.45, 2.75) is 6.42 Å². The number of hydrogen-bond donors (Lipinski definition) is 1. The zero-order chi connectivity index (χ0) is 7.56. The minimum absolute atomic E-state index is 0.0381. The van der Waals surface area contributed by atoms with E-state index in [4.69, 9.17) is 11.6 Å². The van der Waals surface area contributed by atoms with Crippen molar-refractivity contribution in [1.82, 2.24) is 10.4 Å². The number of rotatable bonds is 1. The molecule has 10 heavy (non-hydrogen) atoms. The fourth-order valence-electron chi connectivity index (χ4n) is 0.624. The van der Waals surface area contributed by atoms with Gasteiger partial charge in [0, 0.05) is 6.42 Å². The highest BCUT2D eigenvalue weighted by atomic mass is 79.9. The van der Waals surface area contributed by atoms with Crippen molar-refractivity contribution in [2.75, 3.05) is 6.00 Å². The summed E-state index contributed by atoms with van der Waals surface area (Å²) >= 11 is 8.71. The minimum atomic E-state index is -0.0381. The number of hydrogen-bond acceptors (Lipinski definition) is 2. The molecule has 0 radical (unpaired) electrons. The molecule has 3 nitrogen and oxygen atoms in total. The van der Waals surface area contributed by atoms with Crippen LogP contribution in [0.1, 0.15) is 6.42 Å². The molecule has 1 aliphatic heterocycles. The first kappa shape index (κ1) is 7.88. The quantitative estimate of drug-likeness (QED) is 0.536. The Morgan fingerprint density at radius 1 is 1.90 bits per heavy atom. The molecule has 1 N–H and O–H groups in total. The number of amides is 1. The number of alkyl halides is 1. The fourth-order valence-corrected chi connectivity index (χ4v) is 1.33. The Balaban J connectivity index is 2.65. The standard InChI is InChI=1S/C5H6BrClN2O/c6-4-1-2-5(10)8-9(4)3-7/h1H,2-3H2,(H,8,10). The third kappa shape index (κ3) is 1.64. The van der Waals surface area contributed by atoms with Gasteiger partial charge in [0.1, 0.15) is 6.00 Å². The van der Waals surface area contributed by atoms with Gasteiger partial charge in [-0.3, -0.25) is 15.2 Å². The number of carbonyl (C=O) groups excluding carboxylic acids is 1. The lowest BCUT2D eigenvalue weighted by atomic mass is 10.4. The molecule has 0 fully saturated rings. The Kier molecular flexibility index (Phi) is 2.56. The summed E-state index contributed by atoms with van der Waals surface area (Å²) in [4.78, 5) is 10.7. The molecule has 5 heteroatoms. The van der Waals surface area contributed by atoms with Gasteiger partial charge in [-0.2, -0.15) is 0 Å². The molecular weight excluding hydrogens is 219 g/mol. The van der Waals surface area contributed by atoms with Crippen LogP contribution < -0.4 is 5.43 Å². The molecule has 0 unspecified atom stereocenters. The molecule has 0 spiro atoms. The first-order chi connectivity index (χ1) is 4.74. The van der Waals surface area contributed by atoms with E-state index >= 15 is 0 Å². The summed E-state index contributed by atoms with van der Waals surface area (Å²) in [6.45, 7) is 0. The summed E-state index contributed by atoms with van der Waals surface area (Å²) in [6, 6.07) is 0.253. The molecule has 1 heterocycles. The van der Waals surface area contributed by atoms with Crippen molar-refractivity contribution in [3.63, 3.8) is 0 Å². The summed E-state index contributed by atoms with van der Waals surface area (Å²) in [7, 11) is 0. The predicted octanol–water partition coefficient (Wildman–Crippen LogP) is 1.16. The normalized spacial score (nSPS) is 18.4. The van der Waals surface area contributed by atoms with E-state index in [-0.39, 0.29) is 11.9 Å². The summed E-state index contributed by atoms with van der Waals surface area (Å²) in [5.41, 5.74) is 2.56. The highest BCUT2D eigenvalue weighted by molar-refractivity contribution is 9.11. The third-order valence-corrected chi connectivity index (χ3v) is 2.08. The lowest BCUT2D eigenvalue weighted by molar-refractivity contribution is -0.124. The van der Waals surface area contributed by atoms with E-state index in [9.17, 15) is 4.79 Å². The van der Waals surface area contributed by atoms with Crippen LogP contribution in [0, 0.1) is 0 Å². The van der Waals surface area contributed by atoms with Gasteiger partial charge in [-0.25, -0.2) is 0 Å². The Morgan fingerprint density at radius 2 is 2.60 bits per heavy atom. The van der Waals surface area contributed by atoms with E-state index in [1.807, 2.05) is 0 Å². The van der Waals surface area contributed by atoms with Gasteiger partial charge in [-0.1, -0.05) is 0 Å². The number of carbonyl (C=O) groups is 1. The van der Waals surface area contributed by atoms with Crippen LogP contribution in [0.2, 0.25) is 0 Å². The van der Waals surface area contributed by atoms with Gasteiger partial charge in [0.15, 0.2) is 0 Å². The Bertz CT molecular complexity index is 182. The monoisotopic (exact) mass is 224 g/mol. The van der Waals surface area contributed by atoms with Gasteiger partial charge < -0.3 is 0 Å². The fraction of sp³-hybridized carbons (Fsp3) is 0.400. The Hall–Kier alpha value is -0.220. The summed E-state index contributed by atoms with van der Waals surface area (Å²) < 4.78 is 0.808. The number of hydrazine groups is 1. The van der Waals surface area contributed by atoms with E-state index in [1.54, 1.807) is 6.08 Å². The molecule has 1 rings (SSSR count). The largest absolute Gasteiger partial charge is 0.273 e. The zero-order valence-electron chi connectivity index (χ0n) is 5.10. The van der Waals surface area contributed by atoms with Gasteiger partial charge in [0.05, 0.1) is 4.61 Å². The van der Waals surface area contributed by atoms with E-state index in [0.717, 1.165) is 4.61 Å². The van der Waals surface area contributed by atoms with Crippen LogP contribution in [0.25, 0.3) is 0 Å². The highest BCUT2D eigenvalue weighted by Crippen LogP contribution is 2.14. The van der Waals surface area contributed by atoms with Gasteiger partial charge in [0.2, 0.25) is 5.91 Å². The lowest BCUT2D eigenvalue weighted by Crippen LogP contribution is -2.41. The molecule has 0 aromatic carbocycles. The second kappa shape index (κ2) is 3.25. The van der Waals surface area contributed by atoms with Crippen molar-refractivity contribution in [1.29, 1.82) is 0 Å². The van der Waals surface area contributed by atoms with Crippen molar-refractivity contribution >= 4 is 33.4 Å². The van der Waals surface area contributed by atoms with Gasteiger partial charge in [-0.15, -0.1) is 11.6 Å². The summed E-state index contributed by atoms with van der Waals surface area (Å²) in [5.74, 6) is -0.0381. The van der Waals surface area contributed by atoms with Gasteiger partial charge >= 0.3 is 0 Å². The van der Waals surface area contributed by atoms with Crippen molar-refractivity contribution < 1.29 is 4.79 Å². The van der Waals surface area contributed by atoms with Crippen LogP contribution in [0.5, 0.6) is 0 Å². The predicted molar refractivity (Wildman–Crippen MR) is 42.3 cm³/mol. The molecule has 0 saturated carbocycles. The van der Waals surface area contributed by atoms with E-state index in [2.05, 4.69) is 21.4 Å². The Labute approximate surface area is 72.1 Å². The first-order valence-electron chi connectivity index (χ1n) is 2.72. The zero-order valence-corrected chi connectivity index (χ0v) is 7.44. The van der Waals surface area contributed by atoms with Crippen LogP contribution in [0.4, 0.5) is 0 Å². The molecular formula is C5H6BrClN2O. The maximum Gasteiger partial charge on any atom is 0.242 e. The first-order valence-corrected chi connectivity index (χ1v) is 4.05. The van der Waals surface area contributed by atoms with E-state index < -0.39 is 0 Å². The second-order valence-corrected chi connectivity index (χ2v) is 2.87. The molecule has 0 aromatic heterocycles. The lowest BCUT2D eigenvalue weighted by Gasteiger charge is -2.24. The maximum atomic E-state index is 10.7. The number of nitrogens with zero attached hydrogens (tertiary/aromatic N) is 1. The van der Waals surface area contributed by atoms with Crippen molar-refractivity contribution in [3.05, 3.63) is 10.7 Å². The smallest absolute Gasteiger partial charge is 0.242 e. The highest BCUT2D eigenvalue weighted by Gasteiger charge is 2.13. The van der Waals surface area contributed by atoms with Crippen LogP contribution in [0.3, 0.4) is 0 Å². The van der Waals surface area contributed by atoms with Crippen LogP contribution >= 0.6 is 27.5 Å². The Morgan fingerprint density at radius 3 is 3.10 bits per heavy atom. The maximum absolute atomic E-state index is 10.7. The van der Waals surface area contributed by atoms with Crippen LogP contribution in [-0.4, -0.2) is 16.9 Å².